The number of nitrogens with zero attached hydrogens (tertiary/aromatic N) is 4. The average Bonchev–Trinajstić information content (AvgIpc) is 2.93. The van der Waals surface area contributed by atoms with Gasteiger partial charge in [-0.25, -0.2) is 4.98 Å². The van der Waals surface area contributed by atoms with Crippen molar-refractivity contribution in [2.24, 2.45) is 14.1 Å². The summed E-state index contributed by atoms with van der Waals surface area (Å²) in [5, 5.41) is 8.07. The van der Waals surface area contributed by atoms with Crippen molar-refractivity contribution in [1.82, 2.24) is 24.6 Å². The van der Waals surface area contributed by atoms with E-state index < -0.39 is 0 Å². The Morgan fingerprint density at radius 3 is 2.65 bits per heavy atom. The zero-order valence-electron chi connectivity index (χ0n) is 12.5. The first-order valence-corrected chi connectivity index (χ1v) is 7.71. The molecule has 2 rings (SSSR count). The largest absolute Gasteiger partial charge is 0.336 e. The van der Waals surface area contributed by atoms with Crippen LogP contribution in [0.1, 0.15) is 36.5 Å². The van der Waals surface area contributed by atoms with Gasteiger partial charge in [0.15, 0.2) is 0 Å². The number of nitrogens with one attached hydrogen (secondary N) is 1. The maximum atomic E-state index is 4.47. The quantitative estimate of drug-likeness (QED) is 0.879. The van der Waals surface area contributed by atoms with Crippen LogP contribution in [-0.2, 0) is 20.5 Å². The van der Waals surface area contributed by atoms with Gasteiger partial charge in [0, 0.05) is 26.7 Å². The average molecular weight is 340 g/mol. The Kier molecular flexibility index (Phi) is 4.99. The Morgan fingerprint density at radius 2 is 2.15 bits per heavy atom. The smallest absolute Gasteiger partial charge is 0.0946 e. The fraction of sp³-hybridized carbons (Fsp3) is 0.571. The number of aromatic nitrogens is 4. The van der Waals surface area contributed by atoms with E-state index in [4.69, 9.17) is 0 Å². The lowest BCUT2D eigenvalue weighted by Crippen LogP contribution is -2.26. The molecule has 2 heterocycles. The van der Waals surface area contributed by atoms with Gasteiger partial charge in [0.2, 0.25) is 0 Å². The molecule has 6 heteroatoms. The number of hydrogen-bond donors (Lipinski definition) is 1. The lowest BCUT2D eigenvalue weighted by molar-refractivity contribution is 0.489. The minimum absolute atomic E-state index is 0.244. The Morgan fingerprint density at radius 1 is 1.40 bits per heavy atom. The summed E-state index contributed by atoms with van der Waals surface area (Å²) >= 11 is 3.65. The molecule has 20 heavy (non-hydrogen) atoms. The maximum absolute atomic E-state index is 4.47. The first kappa shape index (κ1) is 15.3. The SMILES string of the molecule is CCCNC(Cc1c(Br)c(C)nn1C)c1cncn1C. The van der Waals surface area contributed by atoms with Gasteiger partial charge in [-0.1, -0.05) is 6.92 Å². The van der Waals surface area contributed by atoms with E-state index in [0.29, 0.717) is 0 Å². The fourth-order valence-electron chi connectivity index (χ4n) is 2.40. The summed E-state index contributed by atoms with van der Waals surface area (Å²) in [7, 11) is 4.03. The van der Waals surface area contributed by atoms with Gasteiger partial charge in [0.25, 0.3) is 0 Å². The van der Waals surface area contributed by atoms with Crippen molar-refractivity contribution >= 4 is 15.9 Å². The highest BCUT2D eigenvalue weighted by Gasteiger charge is 2.19. The number of halogens is 1. The van der Waals surface area contributed by atoms with Crippen LogP contribution in [0.25, 0.3) is 0 Å². The lowest BCUT2D eigenvalue weighted by Gasteiger charge is -2.19. The molecule has 0 aliphatic heterocycles. The molecule has 1 unspecified atom stereocenters. The van der Waals surface area contributed by atoms with E-state index in [1.54, 1.807) is 0 Å². The van der Waals surface area contributed by atoms with Crippen LogP contribution in [0.15, 0.2) is 17.0 Å². The predicted molar refractivity (Wildman–Crippen MR) is 83.6 cm³/mol. The molecular weight excluding hydrogens is 318 g/mol. The molecule has 0 aliphatic rings. The standard InChI is InChI=1S/C14H22BrN5/c1-5-6-17-11(13-8-16-9-19(13)3)7-12-14(15)10(2)18-20(12)4/h8-9,11,17H,5-7H2,1-4H3. The molecule has 0 spiro atoms. The van der Waals surface area contributed by atoms with Crippen LogP contribution in [-0.4, -0.2) is 25.9 Å². The summed E-state index contributed by atoms with van der Waals surface area (Å²) in [6.07, 6.45) is 5.78. The molecule has 0 saturated heterocycles. The zero-order chi connectivity index (χ0) is 14.7. The summed E-state index contributed by atoms with van der Waals surface area (Å²) in [6.45, 7) is 5.19. The van der Waals surface area contributed by atoms with Crippen molar-refractivity contribution < 1.29 is 0 Å². The van der Waals surface area contributed by atoms with E-state index in [2.05, 4.69) is 42.8 Å². The Labute approximate surface area is 128 Å². The number of aryl methyl sites for hydroxylation is 3. The monoisotopic (exact) mass is 339 g/mol. The Bertz CT molecular complexity index is 572. The highest BCUT2D eigenvalue weighted by molar-refractivity contribution is 9.10. The maximum Gasteiger partial charge on any atom is 0.0946 e. The van der Waals surface area contributed by atoms with E-state index in [9.17, 15) is 0 Å². The topological polar surface area (TPSA) is 47.7 Å². The van der Waals surface area contributed by atoms with Crippen molar-refractivity contribution in [3.05, 3.63) is 34.1 Å². The highest BCUT2D eigenvalue weighted by Crippen LogP contribution is 2.25. The molecule has 2 aromatic rings. The Balaban J connectivity index is 2.26. The van der Waals surface area contributed by atoms with Gasteiger partial charge < -0.3 is 9.88 Å². The first-order chi connectivity index (χ1) is 9.54. The van der Waals surface area contributed by atoms with Gasteiger partial charge in [-0.05, 0) is 35.8 Å². The third-order valence-electron chi connectivity index (χ3n) is 3.51. The molecule has 0 aromatic carbocycles. The van der Waals surface area contributed by atoms with Crippen LogP contribution in [0.2, 0.25) is 0 Å². The molecule has 1 atom stereocenters. The minimum atomic E-state index is 0.244. The number of rotatable bonds is 6. The molecule has 1 N–H and O–H groups in total. The van der Waals surface area contributed by atoms with Gasteiger partial charge in [-0.3, -0.25) is 4.68 Å². The predicted octanol–water partition coefficient (Wildman–Crippen LogP) is 2.51. The molecule has 0 fully saturated rings. The van der Waals surface area contributed by atoms with Crippen molar-refractivity contribution in [2.75, 3.05) is 6.54 Å². The minimum Gasteiger partial charge on any atom is -0.336 e. The van der Waals surface area contributed by atoms with E-state index in [-0.39, 0.29) is 6.04 Å². The van der Waals surface area contributed by atoms with Crippen LogP contribution in [0, 0.1) is 6.92 Å². The lowest BCUT2D eigenvalue weighted by atomic mass is 10.1. The third kappa shape index (κ3) is 3.12. The molecular formula is C14H22BrN5. The first-order valence-electron chi connectivity index (χ1n) is 6.92. The molecule has 110 valence electrons. The van der Waals surface area contributed by atoms with Gasteiger partial charge in [0.1, 0.15) is 0 Å². The highest BCUT2D eigenvalue weighted by atomic mass is 79.9. The van der Waals surface area contributed by atoms with Crippen molar-refractivity contribution in [1.29, 1.82) is 0 Å². The molecule has 5 nitrogen and oxygen atoms in total. The van der Waals surface area contributed by atoms with E-state index in [1.165, 1.54) is 11.4 Å². The second-order valence-corrected chi connectivity index (χ2v) is 5.90. The third-order valence-corrected chi connectivity index (χ3v) is 4.54. The summed E-state index contributed by atoms with van der Waals surface area (Å²) < 4.78 is 5.13. The van der Waals surface area contributed by atoms with E-state index >= 15 is 0 Å². The summed E-state index contributed by atoms with van der Waals surface area (Å²) in [6, 6.07) is 0.244. The summed E-state index contributed by atoms with van der Waals surface area (Å²) in [5.41, 5.74) is 3.43. The van der Waals surface area contributed by atoms with Crippen LogP contribution < -0.4 is 5.32 Å². The fourth-order valence-corrected chi connectivity index (χ4v) is 2.90. The Hall–Kier alpha value is -1.14. The second-order valence-electron chi connectivity index (χ2n) is 5.11. The van der Waals surface area contributed by atoms with E-state index in [1.807, 2.05) is 38.2 Å². The number of hydrogen-bond acceptors (Lipinski definition) is 3. The van der Waals surface area contributed by atoms with Crippen molar-refractivity contribution in [3.63, 3.8) is 0 Å². The zero-order valence-corrected chi connectivity index (χ0v) is 14.1. The van der Waals surface area contributed by atoms with Gasteiger partial charge in [0.05, 0.1) is 33.9 Å². The summed E-state index contributed by atoms with van der Waals surface area (Å²) in [5.74, 6) is 0. The van der Waals surface area contributed by atoms with Crippen LogP contribution in [0.3, 0.4) is 0 Å². The van der Waals surface area contributed by atoms with E-state index in [0.717, 1.165) is 29.6 Å². The molecule has 0 saturated carbocycles. The van der Waals surface area contributed by atoms with Gasteiger partial charge in [-0.15, -0.1) is 0 Å². The van der Waals surface area contributed by atoms with Crippen LogP contribution >= 0.6 is 15.9 Å². The van der Waals surface area contributed by atoms with Crippen LogP contribution in [0.4, 0.5) is 0 Å². The molecule has 0 amide bonds. The molecule has 2 aromatic heterocycles. The van der Waals surface area contributed by atoms with Crippen molar-refractivity contribution in [2.45, 2.75) is 32.7 Å². The summed E-state index contributed by atoms with van der Waals surface area (Å²) in [4.78, 5) is 4.23. The molecule has 0 bridgehead atoms. The van der Waals surface area contributed by atoms with Gasteiger partial charge >= 0.3 is 0 Å². The molecule has 0 aliphatic carbocycles. The number of imidazole rings is 1. The van der Waals surface area contributed by atoms with Crippen molar-refractivity contribution in [3.8, 4) is 0 Å². The second kappa shape index (κ2) is 6.54. The van der Waals surface area contributed by atoms with Gasteiger partial charge in [-0.2, -0.15) is 5.10 Å². The van der Waals surface area contributed by atoms with Crippen LogP contribution in [0.5, 0.6) is 0 Å². The molecule has 0 radical (unpaired) electrons. The normalized spacial score (nSPS) is 12.8.